The highest BCUT2D eigenvalue weighted by atomic mass is 19.4. The Morgan fingerprint density at radius 2 is 1.60 bits per heavy atom. The third-order valence-electron chi connectivity index (χ3n) is 2.60. The molecule has 0 fully saturated rings. The van der Waals surface area contributed by atoms with Crippen molar-refractivity contribution < 1.29 is 26.7 Å². The molecule has 0 radical (unpaired) electrons. The number of rotatable bonds is 3. The zero-order valence-corrected chi connectivity index (χ0v) is 9.99. The van der Waals surface area contributed by atoms with Crippen molar-refractivity contribution in [1.82, 2.24) is 0 Å². The molecule has 0 bridgehead atoms. The molecule has 0 aliphatic carbocycles. The molecular formula is C14H9F5O. The summed E-state index contributed by atoms with van der Waals surface area (Å²) in [4.78, 5) is 0. The highest BCUT2D eigenvalue weighted by Gasteiger charge is 2.30. The lowest BCUT2D eigenvalue weighted by atomic mass is 10.0. The van der Waals surface area contributed by atoms with Crippen molar-refractivity contribution >= 4 is 0 Å². The highest BCUT2D eigenvalue weighted by molar-refractivity contribution is 5.71. The van der Waals surface area contributed by atoms with Crippen LogP contribution < -0.4 is 4.74 Å². The van der Waals surface area contributed by atoms with E-state index in [1.165, 1.54) is 36.4 Å². The molecule has 0 amide bonds. The maximum atomic E-state index is 12.6. The van der Waals surface area contributed by atoms with Gasteiger partial charge in [-0.1, -0.05) is 30.3 Å². The van der Waals surface area contributed by atoms with Crippen molar-refractivity contribution in [3.05, 3.63) is 54.1 Å². The van der Waals surface area contributed by atoms with E-state index >= 15 is 0 Å². The van der Waals surface area contributed by atoms with Crippen LogP contribution in [0.5, 0.6) is 5.75 Å². The van der Waals surface area contributed by atoms with Gasteiger partial charge in [-0.15, -0.1) is 0 Å². The van der Waals surface area contributed by atoms with E-state index in [1.54, 1.807) is 0 Å². The molecule has 0 aromatic heterocycles. The van der Waals surface area contributed by atoms with Crippen LogP contribution in [-0.2, 0) is 6.18 Å². The molecule has 0 N–H and O–H groups in total. The van der Waals surface area contributed by atoms with Gasteiger partial charge in [0.15, 0.2) is 0 Å². The number of benzene rings is 2. The van der Waals surface area contributed by atoms with Gasteiger partial charge in [-0.05, 0) is 23.8 Å². The van der Waals surface area contributed by atoms with Gasteiger partial charge in [0.2, 0.25) is 0 Å². The van der Waals surface area contributed by atoms with Gasteiger partial charge in [-0.3, -0.25) is 0 Å². The summed E-state index contributed by atoms with van der Waals surface area (Å²) in [5, 5.41) is 0. The van der Waals surface area contributed by atoms with Crippen LogP contribution in [0.4, 0.5) is 22.0 Å². The smallest absolute Gasteiger partial charge is 0.416 e. The Morgan fingerprint density at radius 3 is 2.25 bits per heavy atom. The Labute approximate surface area is 111 Å². The molecule has 0 aliphatic heterocycles. The first-order chi connectivity index (χ1) is 9.38. The van der Waals surface area contributed by atoms with E-state index in [0.29, 0.717) is 0 Å². The Hall–Kier alpha value is -2.11. The summed E-state index contributed by atoms with van der Waals surface area (Å²) in [6.07, 6.45) is -4.49. The van der Waals surface area contributed by atoms with Gasteiger partial charge in [0.05, 0.1) is 5.56 Å². The Bertz CT molecular complexity index is 592. The lowest BCUT2D eigenvalue weighted by molar-refractivity contribution is -0.137. The van der Waals surface area contributed by atoms with Crippen LogP contribution in [0.1, 0.15) is 5.56 Å². The SMILES string of the molecule is FC(F)Oc1ccccc1-c1cccc(C(F)(F)F)c1. The summed E-state index contributed by atoms with van der Waals surface area (Å²) in [7, 11) is 0. The fourth-order valence-electron chi connectivity index (χ4n) is 1.77. The molecule has 0 spiro atoms. The maximum Gasteiger partial charge on any atom is 0.416 e. The summed E-state index contributed by atoms with van der Waals surface area (Å²) in [6, 6.07) is 10.1. The largest absolute Gasteiger partial charge is 0.434 e. The number of ether oxygens (including phenoxy) is 1. The second-order valence-corrected chi connectivity index (χ2v) is 3.95. The first kappa shape index (κ1) is 14.3. The molecule has 20 heavy (non-hydrogen) atoms. The van der Waals surface area contributed by atoms with E-state index in [1.807, 2.05) is 0 Å². The summed E-state index contributed by atoms with van der Waals surface area (Å²) >= 11 is 0. The summed E-state index contributed by atoms with van der Waals surface area (Å²) < 4.78 is 66.8. The van der Waals surface area contributed by atoms with Crippen molar-refractivity contribution in [2.75, 3.05) is 0 Å². The number of para-hydroxylation sites is 1. The molecular weight excluding hydrogens is 279 g/mol. The van der Waals surface area contributed by atoms with E-state index in [2.05, 4.69) is 4.74 Å². The van der Waals surface area contributed by atoms with Crippen molar-refractivity contribution in [2.24, 2.45) is 0 Å². The number of hydrogen-bond donors (Lipinski definition) is 0. The van der Waals surface area contributed by atoms with Crippen molar-refractivity contribution in [1.29, 1.82) is 0 Å². The van der Waals surface area contributed by atoms with E-state index in [0.717, 1.165) is 12.1 Å². The van der Waals surface area contributed by atoms with E-state index in [-0.39, 0.29) is 16.9 Å². The molecule has 0 unspecified atom stereocenters. The van der Waals surface area contributed by atoms with Gasteiger partial charge in [-0.2, -0.15) is 22.0 Å². The lowest BCUT2D eigenvalue weighted by Gasteiger charge is -2.12. The van der Waals surface area contributed by atoms with Crippen molar-refractivity contribution in [3.63, 3.8) is 0 Å². The summed E-state index contributed by atoms with van der Waals surface area (Å²) in [6.45, 7) is -3.04. The van der Waals surface area contributed by atoms with Gasteiger partial charge >= 0.3 is 12.8 Å². The second-order valence-electron chi connectivity index (χ2n) is 3.95. The van der Waals surface area contributed by atoms with Gasteiger partial charge in [0, 0.05) is 5.56 Å². The molecule has 6 heteroatoms. The van der Waals surface area contributed by atoms with Gasteiger partial charge in [-0.25, -0.2) is 0 Å². The van der Waals surface area contributed by atoms with Crippen LogP contribution >= 0.6 is 0 Å². The summed E-state index contributed by atoms with van der Waals surface area (Å²) in [5.74, 6) is -0.165. The quantitative estimate of drug-likeness (QED) is 0.724. The monoisotopic (exact) mass is 288 g/mol. The molecule has 1 nitrogen and oxygen atoms in total. The Morgan fingerprint density at radius 1 is 0.900 bits per heavy atom. The minimum Gasteiger partial charge on any atom is -0.434 e. The first-order valence-corrected chi connectivity index (χ1v) is 5.59. The zero-order chi connectivity index (χ0) is 14.8. The number of hydrogen-bond acceptors (Lipinski definition) is 1. The van der Waals surface area contributed by atoms with E-state index in [4.69, 9.17) is 0 Å². The number of alkyl halides is 5. The maximum absolute atomic E-state index is 12.6. The van der Waals surface area contributed by atoms with Gasteiger partial charge in [0.1, 0.15) is 5.75 Å². The fraction of sp³-hybridized carbons (Fsp3) is 0.143. The third kappa shape index (κ3) is 3.26. The molecule has 0 aliphatic rings. The molecule has 0 saturated heterocycles. The summed E-state index contributed by atoms with van der Waals surface area (Å²) in [5.41, 5.74) is -0.503. The molecule has 0 saturated carbocycles. The van der Waals surface area contributed by atoms with Crippen molar-refractivity contribution in [3.8, 4) is 16.9 Å². The van der Waals surface area contributed by atoms with E-state index in [9.17, 15) is 22.0 Å². The second kappa shape index (κ2) is 5.48. The van der Waals surface area contributed by atoms with Crippen LogP contribution in [-0.4, -0.2) is 6.61 Å². The van der Waals surface area contributed by atoms with Crippen molar-refractivity contribution in [2.45, 2.75) is 12.8 Å². The van der Waals surface area contributed by atoms with Crippen LogP contribution in [0.2, 0.25) is 0 Å². The lowest BCUT2D eigenvalue weighted by Crippen LogP contribution is -2.05. The predicted molar refractivity (Wildman–Crippen MR) is 63.5 cm³/mol. The van der Waals surface area contributed by atoms with Gasteiger partial charge < -0.3 is 4.74 Å². The molecule has 0 atom stereocenters. The Kier molecular flexibility index (Phi) is 3.92. The molecule has 2 rings (SSSR count). The predicted octanol–water partition coefficient (Wildman–Crippen LogP) is 4.97. The normalized spacial score (nSPS) is 11.7. The van der Waals surface area contributed by atoms with Crippen LogP contribution in [0, 0.1) is 0 Å². The number of halogens is 5. The first-order valence-electron chi connectivity index (χ1n) is 5.59. The average molecular weight is 288 g/mol. The standard InChI is InChI=1S/C14H9F5O/c15-13(16)20-12-7-2-1-6-11(12)9-4-3-5-10(8-9)14(17,18)19/h1-8,13H. The average Bonchev–Trinajstić information content (AvgIpc) is 2.38. The minimum atomic E-state index is -4.49. The fourth-order valence-corrected chi connectivity index (χ4v) is 1.77. The zero-order valence-electron chi connectivity index (χ0n) is 9.99. The third-order valence-corrected chi connectivity index (χ3v) is 2.60. The molecule has 106 valence electrons. The van der Waals surface area contributed by atoms with Crippen LogP contribution in [0.15, 0.2) is 48.5 Å². The van der Waals surface area contributed by atoms with E-state index < -0.39 is 18.4 Å². The highest BCUT2D eigenvalue weighted by Crippen LogP contribution is 2.35. The molecule has 2 aromatic carbocycles. The molecule has 0 heterocycles. The van der Waals surface area contributed by atoms with Crippen LogP contribution in [0.3, 0.4) is 0 Å². The van der Waals surface area contributed by atoms with Gasteiger partial charge in [0.25, 0.3) is 0 Å². The Balaban J connectivity index is 2.47. The topological polar surface area (TPSA) is 9.23 Å². The molecule has 2 aromatic rings. The minimum absolute atomic E-state index is 0.163. The van der Waals surface area contributed by atoms with Crippen LogP contribution in [0.25, 0.3) is 11.1 Å².